The summed E-state index contributed by atoms with van der Waals surface area (Å²) in [7, 11) is 0. The summed E-state index contributed by atoms with van der Waals surface area (Å²) in [6.45, 7) is 2.83. The Balaban J connectivity index is 3.25. The summed E-state index contributed by atoms with van der Waals surface area (Å²) in [5, 5.41) is 11.0. The lowest BCUT2D eigenvalue weighted by atomic mass is 10.1. The Kier molecular flexibility index (Phi) is 11.3. The van der Waals surface area contributed by atoms with Crippen LogP contribution in [0.2, 0.25) is 0 Å². The van der Waals surface area contributed by atoms with Gasteiger partial charge in [0.05, 0.1) is 0 Å². The van der Waals surface area contributed by atoms with Crippen LogP contribution in [0.1, 0.15) is 58.3 Å². The van der Waals surface area contributed by atoms with Crippen molar-refractivity contribution in [3.8, 4) is 0 Å². The molecule has 2 N–H and O–H groups in total. The van der Waals surface area contributed by atoms with Crippen LogP contribution in [0.25, 0.3) is 0 Å². The molecule has 0 fully saturated rings. The Hall–Kier alpha value is -1.32. The summed E-state index contributed by atoms with van der Waals surface area (Å²) in [6, 6.07) is 0. The Labute approximate surface area is 109 Å². The highest BCUT2D eigenvalue weighted by Crippen LogP contribution is 2.07. The number of rotatable bonds is 11. The molecule has 0 saturated carbocycles. The Morgan fingerprint density at radius 2 is 1.50 bits per heavy atom. The van der Waals surface area contributed by atoms with E-state index in [4.69, 9.17) is 5.11 Å². The van der Waals surface area contributed by atoms with Gasteiger partial charge in [-0.15, -0.1) is 0 Å². The van der Waals surface area contributed by atoms with Crippen molar-refractivity contribution in [3.05, 3.63) is 12.2 Å². The molecular formula is C14H25NO3. The summed E-state index contributed by atoms with van der Waals surface area (Å²) in [5.41, 5.74) is 0. The van der Waals surface area contributed by atoms with E-state index in [1.165, 1.54) is 38.5 Å². The molecule has 104 valence electrons. The van der Waals surface area contributed by atoms with Crippen molar-refractivity contribution in [2.75, 3.05) is 6.54 Å². The van der Waals surface area contributed by atoms with Crippen molar-refractivity contribution in [2.45, 2.75) is 58.3 Å². The predicted molar refractivity (Wildman–Crippen MR) is 72.4 cm³/mol. The van der Waals surface area contributed by atoms with Crippen molar-refractivity contribution in [1.29, 1.82) is 0 Å². The van der Waals surface area contributed by atoms with Crippen LogP contribution < -0.4 is 5.32 Å². The van der Waals surface area contributed by atoms with E-state index >= 15 is 0 Å². The quantitative estimate of drug-likeness (QED) is 0.440. The lowest BCUT2D eigenvalue weighted by Crippen LogP contribution is -2.22. The molecule has 4 heteroatoms. The molecule has 0 spiro atoms. The van der Waals surface area contributed by atoms with Gasteiger partial charge in [0.1, 0.15) is 0 Å². The second-order valence-corrected chi connectivity index (χ2v) is 4.44. The van der Waals surface area contributed by atoms with Crippen LogP contribution in [0.3, 0.4) is 0 Å². The highest BCUT2D eigenvalue weighted by Gasteiger charge is 1.96. The molecular weight excluding hydrogens is 230 g/mol. The van der Waals surface area contributed by atoms with E-state index in [1.807, 2.05) is 0 Å². The zero-order valence-corrected chi connectivity index (χ0v) is 11.3. The second kappa shape index (κ2) is 12.1. The van der Waals surface area contributed by atoms with E-state index < -0.39 is 5.97 Å². The first-order chi connectivity index (χ1) is 8.66. The number of unbranched alkanes of at least 4 members (excludes halogenated alkanes) is 7. The van der Waals surface area contributed by atoms with Crippen LogP contribution in [-0.4, -0.2) is 23.5 Å². The van der Waals surface area contributed by atoms with Gasteiger partial charge in [-0.1, -0.05) is 51.9 Å². The average Bonchev–Trinajstić information content (AvgIpc) is 2.34. The standard InChI is InChI=1S/C14H25NO3/c1-2-3-4-5-6-7-8-9-12-15-13(16)10-11-14(17)18/h10-11H,2-9,12H2,1H3,(H,15,16)(H,17,18)/b11-10+. The summed E-state index contributed by atoms with van der Waals surface area (Å²) in [5.74, 6) is -1.43. The van der Waals surface area contributed by atoms with Crippen LogP contribution in [0, 0.1) is 0 Å². The molecule has 0 aliphatic heterocycles. The van der Waals surface area contributed by atoms with Gasteiger partial charge in [-0.05, 0) is 6.42 Å². The number of hydrogen-bond acceptors (Lipinski definition) is 2. The number of hydrogen-bond donors (Lipinski definition) is 2. The second-order valence-electron chi connectivity index (χ2n) is 4.44. The van der Waals surface area contributed by atoms with E-state index in [0.29, 0.717) is 6.54 Å². The first-order valence-electron chi connectivity index (χ1n) is 6.85. The molecule has 0 aliphatic carbocycles. The molecule has 0 atom stereocenters. The van der Waals surface area contributed by atoms with E-state index in [1.54, 1.807) is 0 Å². The van der Waals surface area contributed by atoms with E-state index in [9.17, 15) is 9.59 Å². The number of carboxylic acids is 1. The number of nitrogens with one attached hydrogen (secondary N) is 1. The van der Waals surface area contributed by atoms with E-state index in [2.05, 4.69) is 12.2 Å². The van der Waals surface area contributed by atoms with Gasteiger partial charge in [0.15, 0.2) is 0 Å². The number of aliphatic carboxylic acids is 1. The molecule has 0 aliphatic rings. The molecule has 0 radical (unpaired) electrons. The number of carboxylic acid groups (broad SMARTS) is 1. The molecule has 0 saturated heterocycles. The molecule has 1 amide bonds. The fourth-order valence-electron chi connectivity index (χ4n) is 1.68. The largest absolute Gasteiger partial charge is 0.478 e. The topological polar surface area (TPSA) is 66.4 Å². The zero-order chi connectivity index (χ0) is 13.6. The SMILES string of the molecule is CCCCCCCCCCNC(=O)/C=C/C(=O)O. The molecule has 0 rings (SSSR count). The highest BCUT2D eigenvalue weighted by molar-refractivity contribution is 5.93. The molecule has 0 heterocycles. The van der Waals surface area contributed by atoms with E-state index in [-0.39, 0.29) is 5.91 Å². The van der Waals surface area contributed by atoms with Gasteiger partial charge in [0, 0.05) is 18.7 Å². The lowest BCUT2D eigenvalue weighted by Gasteiger charge is -2.02. The fraction of sp³-hybridized carbons (Fsp3) is 0.714. The average molecular weight is 255 g/mol. The monoisotopic (exact) mass is 255 g/mol. The number of carbonyl (C=O) groups is 2. The maximum Gasteiger partial charge on any atom is 0.328 e. The Morgan fingerprint density at radius 1 is 0.944 bits per heavy atom. The van der Waals surface area contributed by atoms with Crippen molar-refractivity contribution in [2.24, 2.45) is 0 Å². The minimum atomic E-state index is -1.10. The van der Waals surface area contributed by atoms with E-state index in [0.717, 1.165) is 25.0 Å². The fourth-order valence-corrected chi connectivity index (χ4v) is 1.68. The molecule has 0 bridgehead atoms. The van der Waals surface area contributed by atoms with Gasteiger partial charge in [0.2, 0.25) is 5.91 Å². The molecule has 4 nitrogen and oxygen atoms in total. The minimum absolute atomic E-state index is 0.333. The molecule has 0 aromatic rings. The van der Waals surface area contributed by atoms with Crippen molar-refractivity contribution in [3.63, 3.8) is 0 Å². The first-order valence-corrected chi connectivity index (χ1v) is 6.85. The van der Waals surface area contributed by atoms with Gasteiger partial charge < -0.3 is 10.4 Å². The number of amides is 1. The third-order valence-corrected chi connectivity index (χ3v) is 2.71. The predicted octanol–water partition coefficient (Wildman–Crippen LogP) is 2.88. The minimum Gasteiger partial charge on any atom is -0.478 e. The molecule has 0 aromatic heterocycles. The van der Waals surface area contributed by atoms with Crippen molar-refractivity contribution in [1.82, 2.24) is 5.32 Å². The third kappa shape index (κ3) is 12.7. The number of carbonyl (C=O) groups excluding carboxylic acids is 1. The van der Waals surface area contributed by atoms with Gasteiger partial charge in [-0.25, -0.2) is 4.79 Å². The first kappa shape index (κ1) is 16.7. The van der Waals surface area contributed by atoms with Gasteiger partial charge in [-0.2, -0.15) is 0 Å². The van der Waals surface area contributed by atoms with Crippen LogP contribution in [0.4, 0.5) is 0 Å². The smallest absolute Gasteiger partial charge is 0.328 e. The summed E-state index contributed by atoms with van der Waals surface area (Å²) in [6.07, 6.45) is 11.7. The maximum atomic E-state index is 11.1. The summed E-state index contributed by atoms with van der Waals surface area (Å²) < 4.78 is 0. The van der Waals surface area contributed by atoms with Crippen LogP contribution >= 0.6 is 0 Å². The molecule has 0 unspecified atom stereocenters. The van der Waals surface area contributed by atoms with Crippen LogP contribution in [-0.2, 0) is 9.59 Å². The Morgan fingerprint density at radius 3 is 2.06 bits per heavy atom. The van der Waals surface area contributed by atoms with Gasteiger partial charge >= 0.3 is 5.97 Å². The molecule has 18 heavy (non-hydrogen) atoms. The normalized spacial score (nSPS) is 10.7. The van der Waals surface area contributed by atoms with Gasteiger partial charge in [0.25, 0.3) is 0 Å². The van der Waals surface area contributed by atoms with Crippen LogP contribution in [0.5, 0.6) is 0 Å². The lowest BCUT2D eigenvalue weighted by molar-refractivity contribution is -0.131. The highest BCUT2D eigenvalue weighted by atomic mass is 16.4. The molecule has 0 aromatic carbocycles. The third-order valence-electron chi connectivity index (χ3n) is 2.71. The van der Waals surface area contributed by atoms with Crippen molar-refractivity contribution >= 4 is 11.9 Å². The van der Waals surface area contributed by atoms with Crippen LogP contribution in [0.15, 0.2) is 12.2 Å². The zero-order valence-electron chi connectivity index (χ0n) is 11.3. The Bertz CT molecular complexity index is 262. The maximum absolute atomic E-state index is 11.1. The van der Waals surface area contributed by atoms with Crippen molar-refractivity contribution < 1.29 is 14.7 Å². The summed E-state index contributed by atoms with van der Waals surface area (Å²) >= 11 is 0. The van der Waals surface area contributed by atoms with Gasteiger partial charge in [-0.3, -0.25) is 4.79 Å². The summed E-state index contributed by atoms with van der Waals surface area (Å²) in [4.78, 5) is 21.3.